The molecule has 1 N–H and O–H groups in total. The first-order chi connectivity index (χ1) is 15.9. The molecule has 0 atom stereocenters. The lowest BCUT2D eigenvalue weighted by atomic mass is 9.96. The Balaban J connectivity index is 0.000000690. The van der Waals surface area contributed by atoms with Crippen molar-refractivity contribution in [3.8, 4) is 5.75 Å². The molecule has 170 valence electrons. The van der Waals surface area contributed by atoms with Crippen LogP contribution < -0.4 is 10.1 Å². The van der Waals surface area contributed by atoms with E-state index in [0.717, 1.165) is 22.6 Å². The van der Waals surface area contributed by atoms with Crippen molar-refractivity contribution in [1.82, 2.24) is 0 Å². The number of aryl methyl sites for hydroxylation is 1. The number of carbonyl (C=O) groups excluding carboxylic acids is 2. The molecule has 33 heavy (non-hydrogen) atoms. The Hall–Kier alpha value is -3.66. The van der Waals surface area contributed by atoms with Gasteiger partial charge in [-0.3, -0.25) is 9.59 Å². The molecule has 1 aliphatic carbocycles. The number of rotatable bonds is 6. The summed E-state index contributed by atoms with van der Waals surface area (Å²) in [6, 6.07) is 22.1. The molecule has 4 nitrogen and oxygen atoms in total. The predicted molar refractivity (Wildman–Crippen MR) is 136 cm³/mol. The van der Waals surface area contributed by atoms with E-state index in [0.29, 0.717) is 22.6 Å². The molecule has 3 aromatic carbocycles. The molecule has 0 bridgehead atoms. The highest BCUT2D eigenvalue weighted by atomic mass is 16.5. The number of ketones is 1. The largest absolute Gasteiger partial charge is 0.497 e. The first-order valence-corrected chi connectivity index (χ1v) is 11.2. The maximum Gasteiger partial charge on any atom is 0.255 e. The molecule has 0 aliphatic heterocycles. The van der Waals surface area contributed by atoms with Crippen molar-refractivity contribution in [3.63, 3.8) is 0 Å². The van der Waals surface area contributed by atoms with Gasteiger partial charge in [0.1, 0.15) is 5.75 Å². The van der Waals surface area contributed by atoms with Gasteiger partial charge in [-0.05, 0) is 78.9 Å². The van der Waals surface area contributed by atoms with E-state index in [2.05, 4.69) is 12.2 Å². The number of anilines is 1. The highest BCUT2D eigenvalue weighted by Gasteiger charge is 2.13. The number of nitrogens with one attached hydrogen (secondary N) is 1. The van der Waals surface area contributed by atoms with Crippen LogP contribution in [0.5, 0.6) is 5.75 Å². The average Bonchev–Trinajstić information content (AvgIpc) is 3.60. The Morgan fingerprint density at radius 1 is 0.970 bits per heavy atom. The van der Waals surface area contributed by atoms with Gasteiger partial charge in [0.05, 0.1) is 7.11 Å². The summed E-state index contributed by atoms with van der Waals surface area (Å²) in [7, 11) is 1.58. The maximum atomic E-state index is 12.5. The Labute approximate surface area is 196 Å². The number of amides is 1. The van der Waals surface area contributed by atoms with Crippen LogP contribution in [0.2, 0.25) is 0 Å². The second-order valence-electron chi connectivity index (χ2n) is 8.42. The van der Waals surface area contributed by atoms with Gasteiger partial charge < -0.3 is 10.1 Å². The van der Waals surface area contributed by atoms with Gasteiger partial charge in [-0.1, -0.05) is 56.2 Å². The van der Waals surface area contributed by atoms with Gasteiger partial charge in [0.2, 0.25) is 0 Å². The third kappa shape index (κ3) is 7.18. The van der Waals surface area contributed by atoms with E-state index in [4.69, 9.17) is 4.74 Å². The van der Waals surface area contributed by atoms with Gasteiger partial charge in [-0.25, -0.2) is 0 Å². The molecule has 0 heterocycles. The minimum Gasteiger partial charge on any atom is -0.497 e. The Bertz CT molecular complexity index is 1140. The van der Waals surface area contributed by atoms with Crippen LogP contribution in [0.3, 0.4) is 0 Å². The van der Waals surface area contributed by atoms with Crippen LogP contribution in [-0.4, -0.2) is 18.8 Å². The third-order valence-electron chi connectivity index (χ3n) is 5.49. The number of hydrogen-bond donors (Lipinski definition) is 1. The molecule has 0 radical (unpaired) electrons. The van der Waals surface area contributed by atoms with Crippen LogP contribution in [0.4, 0.5) is 5.69 Å². The third-order valence-corrected chi connectivity index (χ3v) is 5.49. The lowest BCUT2D eigenvalue weighted by Gasteiger charge is -2.10. The van der Waals surface area contributed by atoms with Crippen LogP contribution in [0, 0.1) is 12.8 Å². The SMILES string of the molecule is CC1CC1.COc1ccc(C(=O)Nc2cccc(/C=C(\C(C)=O)c3ccccc3C)c2)cc1. The van der Waals surface area contributed by atoms with Crippen molar-refractivity contribution in [3.05, 3.63) is 95.1 Å². The highest BCUT2D eigenvalue weighted by Crippen LogP contribution is 2.27. The van der Waals surface area contributed by atoms with Crippen LogP contribution in [0.15, 0.2) is 72.8 Å². The second kappa shape index (κ2) is 11.3. The van der Waals surface area contributed by atoms with E-state index in [-0.39, 0.29) is 11.7 Å². The van der Waals surface area contributed by atoms with Crippen molar-refractivity contribution >= 4 is 29.0 Å². The topological polar surface area (TPSA) is 55.4 Å². The van der Waals surface area contributed by atoms with E-state index in [1.807, 2.05) is 61.5 Å². The Morgan fingerprint density at radius 3 is 2.21 bits per heavy atom. The molecule has 0 unspecified atom stereocenters. The lowest BCUT2D eigenvalue weighted by Crippen LogP contribution is -2.11. The van der Waals surface area contributed by atoms with Gasteiger partial charge >= 0.3 is 0 Å². The molecule has 0 spiro atoms. The summed E-state index contributed by atoms with van der Waals surface area (Å²) in [6.07, 6.45) is 4.83. The summed E-state index contributed by atoms with van der Waals surface area (Å²) in [4.78, 5) is 24.8. The molecule has 1 amide bonds. The number of allylic oxidation sites excluding steroid dienone is 1. The quantitative estimate of drug-likeness (QED) is 0.338. The monoisotopic (exact) mass is 441 g/mol. The number of benzene rings is 3. The molecular weight excluding hydrogens is 410 g/mol. The zero-order valence-electron chi connectivity index (χ0n) is 19.7. The average molecular weight is 442 g/mol. The normalized spacial score (nSPS) is 12.9. The number of ether oxygens (including phenoxy) is 1. The molecule has 4 rings (SSSR count). The Morgan fingerprint density at radius 2 is 1.64 bits per heavy atom. The minimum absolute atomic E-state index is 0.00743. The summed E-state index contributed by atoms with van der Waals surface area (Å²) >= 11 is 0. The van der Waals surface area contributed by atoms with Gasteiger partial charge in [0.15, 0.2) is 5.78 Å². The zero-order valence-corrected chi connectivity index (χ0v) is 19.7. The fraction of sp³-hybridized carbons (Fsp3) is 0.241. The summed E-state index contributed by atoms with van der Waals surface area (Å²) in [6.45, 7) is 5.82. The van der Waals surface area contributed by atoms with Crippen LogP contribution in [0.25, 0.3) is 11.6 Å². The molecule has 4 heteroatoms. The van der Waals surface area contributed by atoms with E-state index >= 15 is 0 Å². The summed E-state index contributed by atoms with van der Waals surface area (Å²) in [5, 5.41) is 2.90. The molecule has 1 aliphatic rings. The van der Waals surface area contributed by atoms with Gasteiger partial charge in [-0.15, -0.1) is 0 Å². The smallest absolute Gasteiger partial charge is 0.255 e. The first-order valence-electron chi connectivity index (χ1n) is 11.2. The van der Waals surface area contributed by atoms with Crippen LogP contribution >= 0.6 is 0 Å². The lowest BCUT2D eigenvalue weighted by molar-refractivity contribution is -0.111. The van der Waals surface area contributed by atoms with Crippen molar-refractivity contribution in [2.45, 2.75) is 33.6 Å². The van der Waals surface area contributed by atoms with E-state index in [9.17, 15) is 9.59 Å². The minimum atomic E-state index is -0.209. The standard InChI is InChI=1S/C25H23NO3.C4H8/c1-17-7-4-5-10-23(17)24(18(2)27)16-19-8-6-9-21(15-19)26-25(28)20-11-13-22(29-3)14-12-20;1-4-2-3-4/h4-16H,1-3H3,(H,26,28);4H,2-3H2,1H3/b24-16+;. The van der Waals surface area contributed by atoms with Crippen molar-refractivity contribution in [2.24, 2.45) is 5.92 Å². The van der Waals surface area contributed by atoms with Gasteiger partial charge in [0, 0.05) is 16.8 Å². The molecule has 0 aromatic heterocycles. The van der Waals surface area contributed by atoms with Crippen molar-refractivity contribution in [1.29, 1.82) is 0 Å². The summed E-state index contributed by atoms with van der Waals surface area (Å²) in [5.74, 6) is 1.56. The van der Waals surface area contributed by atoms with Crippen molar-refractivity contribution in [2.75, 3.05) is 12.4 Å². The van der Waals surface area contributed by atoms with E-state index in [1.54, 1.807) is 38.3 Å². The number of methoxy groups -OCH3 is 1. The Kier molecular flexibility index (Phi) is 8.20. The molecule has 0 saturated heterocycles. The fourth-order valence-electron chi connectivity index (χ4n) is 3.23. The maximum absolute atomic E-state index is 12.5. The predicted octanol–water partition coefficient (Wildman–Crippen LogP) is 6.80. The molecule has 3 aromatic rings. The summed E-state index contributed by atoms with van der Waals surface area (Å²) in [5.41, 5.74) is 4.63. The number of hydrogen-bond acceptors (Lipinski definition) is 3. The number of Topliss-reactive ketones (excluding diaryl/α,β-unsaturated/α-hetero) is 1. The first kappa shape index (κ1) is 24.0. The van der Waals surface area contributed by atoms with Gasteiger partial charge in [-0.2, -0.15) is 0 Å². The second-order valence-corrected chi connectivity index (χ2v) is 8.42. The van der Waals surface area contributed by atoms with Crippen molar-refractivity contribution < 1.29 is 14.3 Å². The van der Waals surface area contributed by atoms with Crippen LogP contribution in [0.1, 0.15) is 53.7 Å². The highest BCUT2D eigenvalue weighted by molar-refractivity contribution is 6.24. The molecule has 1 fully saturated rings. The number of carbonyl (C=O) groups is 2. The summed E-state index contributed by atoms with van der Waals surface area (Å²) < 4.78 is 5.12. The van der Waals surface area contributed by atoms with Crippen LogP contribution in [-0.2, 0) is 4.79 Å². The van der Waals surface area contributed by atoms with E-state index in [1.165, 1.54) is 12.8 Å². The van der Waals surface area contributed by atoms with E-state index < -0.39 is 0 Å². The molecular formula is C29H31NO3. The zero-order chi connectivity index (χ0) is 23.8. The molecule has 1 saturated carbocycles. The fourth-order valence-corrected chi connectivity index (χ4v) is 3.23. The van der Waals surface area contributed by atoms with Gasteiger partial charge in [0.25, 0.3) is 5.91 Å².